The number of aliphatic carboxylic acids is 1. The number of fused-ring (bicyclic) bond motifs is 3. The normalized spacial score (nSPS) is 26.7. The number of carboxylic acids is 1. The topological polar surface area (TPSA) is 170 Å². The van der Waals surface area contributed by atoms with E-state index in [-0.39, 0.29) is 11.7 Å². The second kappa shape index (κ2) is 8.64. The van der Waals surface area contributed by atoms with Crippen LogP contribution in [0.4, 0.5) is 0 Å². The van der Waals surface area contributed by atoms with Gasteiger partial charge in [0.25, 0.3) is 5.91 Å². The number of aromatic nitrogens is 3. The van der Waals surface area contributed by atoms with Crippen molar-refractivity contribution in [2.75, 3.05) is 6.54 Å². The molecule has 0 aliphatic carbocycles. The summed E-state index contributed by atoms with van der Waals surface area (Å²) in [6.45, 7) is 2.78. The fourth-order valence-electron chi connectivity index (χ4n) is 4.81. The fraction of sp³-hybridized carbons (Fsp3) is 0.435. The van der Waals surface area contributed by atoms with Crippen LogP contribution in [0.2, 0.25) is 0 Å². The number of benzene rings is 1. The number of rotatable bonds is 5. The molecular formula is C23H26N4O8. The van der Waals surface area contributed by atoms with Gasteiger partial charge >= 0.3 is 5.97 Å². The van der Waals surface area contributed by atoms with Crippen LogP contribution < -0.4 is 4.74 Å². The number of aliphatic hydroxyl groups is 3. The molecular weight excluding hydrogens is 460 g/mol. The number of aryl methyl sites for hydroxylation is 2. The first-order chi connectivity index (χ1) is 16.7. The van der Waals surface area contributed by atoms with Gasteiger partial charge in [-0.05, 0) is 13.0 Å². The third-order valence-corrected chi connectivity index (χ3v) is 6.75. The number of para-hydroxylation sites is 1. The minimum absolute atomic E-state index is 0.144. The minimum Gasteiger partial charge on any atom is -0.479 e. The Morgan fingerprint density at radius 2 is 2.03 bits per heavy atom. The molecule has 5 rings (SSSR count). The lowest BCUT2D eigenvalue weighted by Crippen LogP contribution is -2.61. The summed E-state index contributed by atoms with van der Waals surface area (Å²) in [7, 11) is 1.80. The Labute approximate surface area is 199 Å². The average molecular weight is 486 g/mol. The summed E-state index contributed by atoms with van der Waals surface area (Å²) in [6, 6.07) is 5.07. The number of hydrogen-bond donors (Lipinski definition) is 5. The van der Waals surface area contributed by atoms with Crippen molar-refractivity contribution in [3.63, 3.8) is 0 Å². The van der Waals surface area contributed by atoms with Gasteiger partial charge in [0.2, 0.25) is 6.29 Å². The Hall–Kier alpha value is -3.45. The highest BCUT2D eigenvalue weighted by Gasteiger charge is 2.48. The van der Waals surface area contributed by atoms with Gasteiger partial charge in [0.15, 0.2) is 6.10 Å². The van der Waals surface area contributed by atoms with E-state index in [0.29, 0.717) is 36.0 Å². The predicted octanol–water partition coefficient (Wildman–Crippen LogP) is -0.321. The summed E-state index contributed by atoms with van der Waals surface area (Å²) in [6.07, 6.45) is -6.43. The van der Waals surface area contributed by atoms with E-state index < -0.39 is 36.7 Å². The molecule has 35 heavy (non-hydrogen) atoms. The average Bonchev–Trinajstić information content (AvgIpc) is 3.37. The monoisotopic (exact) mass is 486 g/mol. The molecule has 2 aromatic heterocycles. The van der Waals surface area contributed by atoms with E-state index in [2.05, 4.69) is 9.97 Å². The molecule has 1 saturated heterocycles. The molecule has 0 spiro atoms. The van der Waals surface area contributed by atoms with E-state index in [0.717, 1.165) is 17.1 Å². The summed E-state index contributed by atoms with van der Waals surface area (Å²) in [4.78, 5) is 34.0. The number of amides is 1. The molecule has 4 heterocycles. The third-order valence-electron chi connectivity index (χ3n) is 6.75. The van der Waals surface area contributed by atoms with Crippen LogP contribution in [-0.2, 0) is 29.5 Å². The molecule has 186 valence electrons. The zero-order valence-electron chi connectivity index (χ0n) is 19.1. The van der Waals surface area contributed by atoms with Gasteiger partial charge in [-0.25, -0.2) is 9.78 Å². The number of carbonyl (C=O) groups excluding carboxylic acids is 1. The highest BCUT2D eigenvalue weighted by atomic mass is 16.7. The maximum absolute atomic E-state index is 13.5. The molecule has 12 heteroatoms. The first kappa shape index (κ1) is 23.3. The highest BCUT2D eigenvalue weighted by Crippen LogP contribution is 2.37. The molecule has 2 aliphatic rings. The number of ether oxygens (including phenoxy) is 2. The maximum atomic E-state index is 13.5. The van der Waals surface area contributed by atoms with Crippen LogP contribution in [0, 0.1) is 6.92 Å². The van der Waals surface area contributed by atoms with Crippen LogP contribution in [0.5, 0.6) is 5.75 Å². The molecule has 5 N–H and O–H groups in total. The van der Waals surface area contributed by atoms with Crippen molar-refractivity contribution in [1.82, 2.24) is 19.4 Å². The lowest BCUT2D eigenvalue weighted by Gasteiger charge is -2.38. The first-order valence-corrected chi connectivity index (χ1v) is 11.2. The largest absolute Gasteiger partial charge is 0.479 e. The number of carboxylic acid groups (broad SMARTS) is 1. The smallest absolute Gasteiger partial charge is 0.335 e. The quantitative estimate of drug-likeness (QED) is 0.324. The summed E-state index contributed by atoms with van der Waals surface area (Å²) in [5, 5.41) is 40.3. The van der Waals surface area contributed by atoms with Crippen molar-refractivity contribution in [2.45, 2.75) is 50.6 Å². The van der Waals surface area contributed by atoms with Crippen LogP contribution in [0.15, 0.2) is 24.5 Å². The number of nitrogens with zero attached hydrogens (tertiary/aromatic N) is 3. The number of hydrogen-bond acceptors (Lipinski definition) is 8. The number of nitrogens with one attached hydrogen (secondary N) is 1. The SMILES string of the molecule is Cc1[nH]cnc1CN1CCc2c(c3cccc(O[C@@H]4O[C@H](C(=O)O)[C@@H](O)[C@H](O)[C@H]4O)c3n2C)C1=O. The second-order valence-electron chi connectivity index (χ2n) is 8.84. The molecule has 0 radical (unpaired) electrons. The molecule has 12 nitrogen and oxygen atoms in total. The van der Waals surface area contributed by atoms with Crippen LogP contribution in [-0.4, -0.2) is 89.0 Å². The van der Waals surface area contributed by atoms with Gasteiger partial charge in [-0.3, -0.25) is 4.79 Å². The van der Waals surface area contributed by atoms with Gasteiger partial charge in [-0.2, -0.15) is 0 Å². The zero-order valence-corrected chi connectivity index (χ0v) is 19.1. The van der Waals surface area contributed by atoms with E-state index in [4.69, 9.17) is 9.47 Å². The lowest BCUT2D eigenvalue weighted by atomic mass is 9.99. The number of H-pyrrole nitrogens is 1. The molecule has 3 aromatic rings. The van der Waals surface area contributed by atoms with Gasteiger partial charge in [0.1, 0.15) is 24.1 Å². The van der Waals surface area contributed by atoms with Crippen LogP contribution in [0.3, 0.4) is 0 Å². The van der Waals surface area contributed by atoms with Crippen LogP contribution >= 0.6 is 0 Å². The second-order valence-corrected chi connectivity index (χ2v) is 8.84. The Morgan fingerprint density at radius 1 is 1.26 bits per heavy atom. The predicted molar refractivity (Wildman–Crippen MR) is 120 cm³/mol. The summed E-state index contributed by atoms with van der Waals surface area (Å²) < 4.78 is 12.9. The summed E-state index contributed by atoms with van der Waals surface area (Å²) in [5.74, 6) is -1.41. The van der Waals surface area contributed by atoms with Crippen LogP contribution in [0.1, 0.15) is 27.4 Å². The Bertz CT molecular complexity index is 1300. The molecule has 1 fully saturated rings. The molecule has 0 bridgehead atoms. The highest BCUT2D eigenvalue weighted by molar-refractivity contribution is 6.10. The molecule has 5 atom stereocenters. The first-order valence-electron chi connectivity index (χ1n) is 11.2. The van der Waals surface area contributed by atoms with E-state index >= 15 is 0 Å². The van der Waals surface area contributed by atoms with Crippen molar-refractivity contribution in [2.24, 2.45) is 7.05 Å². The zero-order chi connectivity index (χ0) is 25.0. The molecule has 1 amide bonds. The Balaban J connectivity index is 1.49. The number of imidazole rings is 1. The Morgan fingerprint density at radius 3 is 2.71 bits per heavy atom. The van der Waals surface area contributed by atoms with Crippen LogP contribution in [0.25, 0.3) is 10.9 Å². The lowest BCUT2D eigenvalue weighted by molar-refractivity contribution is -0.270. The van der Waals surface area contributed by atoms with Crippen molar-refractivity contribution < 1.29 is 39.5 Å². The Kier molecular flexibility index (Phi) is 5.75. The van der Waals surface area contributed by atoms with Crippen molar-refractivity contribution in [3.05, 3.63) is 47.2 Å². The van der Waals surface area contributed by atoms with E-state index in [1.54, 1.807) is 36.5 Å². The maximum Gasteiger partial charge on any atom is 0.335 e. The molecule has 1 aromatic carbocycles. The van der Waals surface area contributed by atoms with Gasteiger partial charge < -0.3 is 44.4 Å². The number of aromatic amines is 1. The fourth-order valence-corrected chi connectivity index (χ4v) is 4.81. The van der Waals surface area contributed by atoms with Gasteiger partial charge in [0, 0.05) is 36.8 Å². The number of aliphatic hydroxyl groups excluding tert-OH is 3. The number of carbonyl (C=O) groups is 2. The van der Waals surface area contributed by atoms with E-state index in [9.17, 15) is 30.0 Å². The molecule has 2 aliphatic heterocycles. The van der Waals surface area contributed by atoms with E-state index in [1.807, 2.05) is 11.5 Å². The van der Waals surface area contributed by atoms with E-state index in [1.165, 1.54) is 0 Å². The van der Waals surface area contributed by atoms with Crippen molar-refractivity contribution in [3.8, 4) is 5.75 Å². The van der Waals surface area contributed by atoms with Crippen molar-refractivity contribution >= 4 is 22.8 Å². The van der Waals surface area contributed by atoms with Gasteiger partial charge in [0.05, 0.1) is 29.6 Å². The summed E-state index contributed by atoms with van der Waals surface area (Å²) in [5.41, 5.74) is 3.61. The van der Waals surface area contributed by atoms with Crippen molar-refractivity contribution in [1.29, 1.82) is 0 Å². The van der Waals surface area contributed by atoms with Gasteiger partial charge in [-0.1, -0.05) is 12.1 Å². The third kappa shape index (κ3) is 3.74. The molecule has 0 unspecified atom stereocenters. The minimum atomic E-state index is -1.82. The molecule has 0 saturated carbocycles. The standard InChI is InChI=1S/C23H26N4O8/c1-10-12(25-9-24-10)8-27-7-6-13-15(21(27)31)11-4-3-5-14(16(11)26(13)2)34-23-19(30)17(28)18(29)20(35-23)22(32)33/h3-5,9,17-20,23,28-30H,6-8H2,1-2H3,(H,24,25)(H,32,33)/t17-,18-,19+,20-,23+/m0/s1. The summed E-state index contributed by atoms with van der Waals surface area (Å²) >= 11 is 0. The van der Waals surface area contributed by atoms with Gasteiger partial charge in [-0.15, -0.1) is 0 Å².